The predicted molar refractivity (Wildman–Crippen MR) is 89.9 cm³/mol. The van der Waals surface area contributed by atoms with Crippen LogP contribution in [0.25, 0.3) is 10.9 Å². The van der Waals surface area contributed by atoms with Crippen molar-refractivity contribution < 1.29 is 9.31 Å². The molecule has 1 aliphatic heterocycles. The van der Waals surface area contributed by atoms with Gasteiger partial charge in [-0.3, -0.25) is 4.98 Å². The summed E-state index contributed by atoms with van der Waals surface area (Å²) >= 11 is 3.52. The fourth-order valence-electron chi connectivity index (χ4n) is 2.38. The highest BCUT2D eigenvalue weighted by atomic mass is 79.9. The van der Waals surface area contributed by atoms with Crippen molar-refractivity contribution >= 4 is 39.4 Å². The van der Waals surface area contributed by atoms with Crippen LogP contribution >= 0.6 is 15.9 Å². The lowest BCUT2D eigenvalue weighted by Crippen LogP contribution is -2.41. The molecule has 0 bridgehead atoms. The first-order valence-electron chi connectivity index (χ1n) is 7.12. The van der Waals surface area contributed by atoms with Crippen LogP contribution < -0.4 is 5.46 Å². The summed E-state index contributed by atoms with van der Waals surface area (Å²) in [6, 6.07) is 8.25. The lowest BCUT2D eigenvalue weighted by atomic mass is 9.79. The highest BCUT2D eigenvalue weighted by molar-refractivity contribution is 9.10. The summed E-state index contributed by atoms with van der Waals surface area (Å²) in [7, 11) is -0.342. The van der Waals surface area contributed by atoms with E-state index in [9.17, 15) is 0 Å². The second-order valence-corrected chi connectivity index (χ2v) is 7.45. The monoisotopic (exact) mass is 347 g/mol. The average Bonchev–Trinajstić information content (AvgIpc) is 2.59. The van der Waals surface area contributed by atoms with Gasteiger partial charge in [0.15, 0.2) is 0 Å². The maximum absolute atomic E-state index is 6.09. The van der Waals surface area contributed by atoms with E-state index in [4.69, 9.17) is 9.31 Å². The number of aryl methyl sites for hydroxylation is 1. The van der Waals surface area contributed by atoms with Gasteiger partial charge in [0.25, 0.3) is 0 Å². The molecule has 1 aromatic carbocycles. The second kappa shape index (κ2) is 4.80. The first-order chi connectivity index (χ1) is 9.69. The number of aromatic nitrogens is 1. The Morgan fingerprint density at radius 2 is 1.67 bits per heavy atom. The highest BCUT2D eigenvalue weighted by Gasteiger charge is 2.51. The normalized spacial score (nSPS) is 20.2. The van der Waals surface area contributed by atoms with Gasteiger partial charge in [-0.05, 0) is 68.1 Å². The molecule has 0 radical (unpaired) electrons. The summed E-state index contributed by atoms with van der Waals surface area (Å²) in [6.07, 6.45) is 0. The number of benzene rings is 1. The van der Waals surface area contributed by atoms with Crippen LogP contribution in [-0.2, 0) is 9.31 Å². The zero-order valence-electron chi connectivity index (χ0n) is 13.0. The lowest BCUT2D eigenvalue weighted by molar-refractivity contribution is 0.00578. The van der Waals surface area contributed by atoms with Crippen LogP contribution in [0.2, 0.25) is 0 Å². The van der Waals surface area contributed by atoms with E-state index in [2.05, 4.69) is 66.8 Å². The molecule has 2 heterocycles. The third-order valence-electron chi connectivity index (χ3n) is 4.50. The Balaban J connectivity index is 2.01. The third-order valence-corrected chi connectivity index (χ3v) is 5.30. The molecule has 1 fully saturated rings. The zero-order chi connectivity index (χ0) is 15.4. The number of pyridine rings is 1. The molecule has 0 saturated carbocycles. The molecule has 0 spiro atoms. The van der Waals surface area contributed by atoms with Crippen molar-refractivity contribution in [2.24, 2.45) is 0 Å². The minimum absolute atomic E-state index is 0.324. The Hall–Kier alpha value is -0.905. The fraction of sp³-hybridized carbons (Fsp3) is 0.438. The van der Waals surface area contributed by atoms with E-state index in [0.717, 1.165) is 26.5 Å². The van der Waals surface area contributed by atoms with Crippen LogP contribution in [0.5, 0.6) is 0 Å². The molecule has 0 atom stereocenters. The number of fused-ring (bicyclic) bond motifs is 1. The van der Waals surface area contributed by atoms with Crippen LogP contribution in [0.1, 0.15) is 33.4 Å². The Labute approximate surface area is 134 Å². The molecular weight excluding hydrogens is 329 g/mol. The molecule has 1 saturated heterocycles. The van der Waals surface area contributed by atoms with Crippen molar-refractivity contribution in [3.8, 4) is 0 Å². The number of hydrogen-bond donors (Lipinski definition) is 0. The van der Waals surface area contributed by atoms with Crippen molar-refractivity contribution in [3.63, 3.8) is 0 Å². The summed E-state index contributed by atoms with van der Waals surface area (Å²) in [5, 5.41) is 1.10. The molecule has 0 N–H and O–H groups in total. The molecule has 3 nitrogen and oxygen atoms in total. The highest BCUT2D eigenvalue weighted by Crippen LogP contribution is 2.36. The van der Waals surface area contributed by atoms with Crippen LogP contribution in [-0.4, -0.2) is 23.3 Å². The van der Waals surface area contributed by atoms with E-state index in [-0.39, 0.29) is 18.3 Å². The van der Waals surface area contributed by atoms with Crippen LogP contribution in [0, 0.1) is 6.92 Å². The van der Waals surface area contributed by atoms with E-state index < -0.39 is 0 Å². The van der Waals surface area contributed by atoms with Gasteiger partial charge in [0.05, 0.1) is 22.4 Å². The summed E-state index contributed by atoms with van der Waals surface area (Å²) < 4.78 is 13.2. The second-order valence-electron chi connectivity index (χ2n) is 6.60. The minimum Gasteiger partial charge on any atom is -0.399 e. The van der Waals surface area contributed by atoms with Gasteiger partial charge < -0.3 is 9.31 Å². The van der Waals surface area contributed by atoms with Gasteiger partial charge in [-0.2, -0.15) is 0 Å². The Morgan fingerprint density at radius 3 is 2.29 bits per heavy atom. The molecule has 1 aromatic heterocycles. The topological polar surface area (TPSA) is 31.4 Å². The summed E-state index contributed by atoms with van der Waals surface area (Å²) in [5.74, 6) is 0. The number of nitrogens with zero attached hydrogens (tertiary/aromatic N) is 1. The van der Waals surface area contributed by atoms with Crippen molar-refractivity contribution in [1.29, 1.82) is 0 Å². The Morgan fingerprint density at radius 1 is 1.05 bits per heavy atom. The summed E-state index contributed by atoms with van der Waals surface area (Å²) in [4.78, 5) is 4.62. The first kappa shape index (κ1) is 15.0. The van der Waals surface area contributed by atoms with E-state index in [0.29, 0.717) is 0 Å². The van der Waals surface area contributed by atoms with Gasteiger partial charge in [-0.15, -0.1) is 0 Å². The lowest BCUT2D eigenvalue weighted by Gasteiger charge is -2.32. The van der Waals surface area contributed by atoms with E-state index in [1.54, 1.807) is 0 Å². The molecular formula is C16H19BBrNO2. The van der Waals surface area contributed by atoms with Crippen molar-refractivity contribution in [1.82, 2.24) is 4.98 Å². The van der Waals surface area contributed by atoms with Gasteiger partial charge in [-0.1, -0.05) is 12.1 Å². The average molecular weight is 348 g/mol. The Bertz CT molecular complexity index is 699. The largest absolute Gasteiger partial charge is 0.494 e. The first-order valence-corrected chi connectivity index (χ1v) is 7.91. The molecule has 3 rings (SSSR count). The van der Waals surface area contributed by atoms with Crippen molar-refractivity contribution in [3.05, 3.63) is 34.4 Å². The van der Waals surface area contributed by atoms with Gasteiger partial charge in [-0.25, -0.2) is 0 Å². The predicted octanol–water partition coefficient (Wildman–Crippen LogP) is 3.60. The zero-order valence-corrected chi connectivity index (χ0v) is 14.6. The molecule has 0 unspecified atom stereocenters. The molecule has 1 aliphatic rings. The summed E-state index contributed by atoms with van der Waals surface area (Å²) in [5.41, 5.74) is 2.30. The third kappa shape index (κ3) is 2.52. The van der Waals surface area contributed by atoms with E-state index >= 15 is 0 Å². The van der Waals surface area contributed by atoms with Crippen molar-refractivity contribution in [2.75, 3.05) is 0 Å². The molecule has 0 amide bonds. The summed E-state index contributed by atoms with van der Waals surface area (Å²) in [6.45, 7) is 10.2. The van der Waals surface area contributed by atoms with Gasteiger partial charge >= 0.3 is 7.12 Å². The van der Waals surface area contributed by atoms with Crippen LogP contribution in [0.15, 0.2) is 28.7 Å². The number of halogens is 1. The smallest absolute Gasteiger partial charge is 0.399 e. The minimum atomic E-state index is -0.342. The quantitative estimate of drug-likeness (QED) is 0.738. The number of rotatable bonds is 1. The maximum atomic E-state index is 6.09. The maximum Gasteiger partial charge on any atom is 0.494 e. The van der Waals surface area contributed by atoms with Gasteiger partial charge in [0, 0.05) is 9.86 Å². The van der Waals surface area contributed by atoms with Crippen LogP contribution in [0.4, 0.5) is 0 Å². The number of hydrogen-bond acceptors (Lipinski definition) is 3. The SMILES string of the molecule is Cc1nc2cc(B3OC(C)(C)C(C)(C)O3)ccc2cc1Br. The van der Waals surface area contributed by atoms with Gasteiger partial charge in [0.2, 0.25) is 0 Å². The standard InChI is InChI=1S/C16H19BBrNO2/c1-10-13(18)8-11-6-7-12(9-14(11)19-10)17-20-15(2,3)16(4,5)21-17/h6-9H,1-5H3. The van der Waals surface area contributed by atoms with E-state index in [1.807, 2.05) is 13.0 Å². The van der Waals surface area contributed by atoms with Gasteiger partial charge in [0.1, 0.15) is 0 Å². The molecule has 0 aliphatic carbocycles. The Kier molecular flexibility index (Phi) is 3.43. The molecule has 2 aromatic rings. The molecule has 5 heteroatoms. The molecule has 21 heavy (non-hydrogen) atoms. The van der Waals surface area contributed by atoms with Crippen LogP contribution in [0.3, 0.4) is 0 Å². The van der Waals surface area contributed by atoms with Crippen molar-refractivity contribution in [2.45, 2.75) is 45.8 Å². The van der Waals surface area contributed by atoms with E-state index in [1.165, 1.54) is 0 Å². The fourth-order valence-corrected chi connectivity index (χ4v) is 2.72. The molecule has 110 valence electrons.